The first kappa shape index (κ1) is 42.5. The SMILES string of the molecule is CCCCc1c(C)c2n3c1C=c1[nH]c(c(CCCC)c1C)=CC1=[N+]4C(=CC5=[N+](C(=C2)C(CCC(=O)OCC)=C5C)C34)C(CCC(=O)NCCc2ccc(CC(C)=S)cc2)=C1C. The molecule has 8 nitrogen and oxygen atoms in total. The maximum Gasteiger partial charge on any atom is 0.446 e. The van der Waals surface area contributed by atoms with E-state index in [1.807, 2.05) is 13.8 Å². The van der Waals surface area contributed by atoms with Gasteiger partial charge in [0.15, 0.2) is 0 Å². The lowest BCUT2D eigenvalue weighted by Crippen LogP contribution is -2.42. The largest absolute Gasteiger partial charge is 0.466 e. The Morgan fingerprint density at radius 1 is 0.738 bits per heavy atom. The number of carbonyl (C=O) groups is 2. The summed E-state index contributed by atoms with van der Waals surface area (Å²) in [6, 6.07) is 8.57. The van der Waals surface area contributed by atoms with Crippen LogP contribution in [0.3, 0.4) is 0 Å². The molecule has 2 aromatic heterocycles. The number of ether oxygens (including phenoxy) is 1. The quantitative estimate of drug-likeness (QED) is 0.0767. The summed E-state index contributed by atoms with van der Waals surface area (Å²) in [5, 5.41) is 5.58. The normalized spacial score (nSPS) is 17.0. The highest BCUT2D eigenvalue weighted by atomic mass is 32.1. The van der Waals surface area contributed by atoms with Crippen LogP contribution in [0, 0.1) is 13.8 Å². The zero-order valence-corrected chi connectivity index (χ0v) is 38.4. The number of fused-ring (bicyclic) bond motifs is 2. The van der Waals surface area contributed by atoms with Crippen molar-refractivity contribution in [2.45, 2.75) is 139 Å². The molecule has 1 amide bonds. The van der Waals surface area contributed by atoms with E-state index in [0.717, 1.165) is 61.9 Å². The average molecular weight is 838 g/mol. The Hall–Kier alpha value is -5.15. The van der Waals surface area contributed by atoms with Crippen molar-refractivity contribution in [3.8, 4) is 0 Å². The number of aromatic amines is 1. The molecular weight excluding hydrogens is 775 g/mol. The molecule has 8 rings (SSSR count). The van der Waals surface area contributed by atoms with Crippen molar-refractivity contribution in [2.75, 3.05) is 13.2 Å². The monoisotopic (exact) mass is 837 g/mol. The van der Waals surface area contributed by atoms with Crippen molar-refractivity contribution >= 4 is 58.6 Å². The number of thiocarbonyl (C=S) groups is 1. The molecule has 0 saturated heterocycles. The fourth-order valence-corrected chi connectivity index (χ4v) is 10.4. The standard InChI is InChI=1S/C52H61N5O3S/c1-9-12-14-38-32(5)42-27-47-39(15-13-10-2)33(6)45-29-49-41(21-23-51(59)60-11-3)35(8)46-30-48-40(34(7)44(28-43(38)54-42)55(48)52(56(45)47)57(46)49)20-22-50(58)53-25-24-36-16-18-37(19-17-36)26-31(4)61/h16-19,27-30,52H,9-15,20-26H2,1-8H3/p+2. The zero-order valence-electron chi connectivity index (χ0n) is 37.6. The van der Waals surface area contributed by atoms with E-state index < -0.39 is 0 Å². The predicted octanol–water partition coefficient (Wildman–Crippen LogP) is 8.43. The van der Waals surface area contributed by atoms with Crippen molar-refractivity contribution < 1.29 is 23.5 Å². The third kappa shape index (κ3) is 7.83. The maximum atomic E-state index is 13.6. The minimum atomic E-state index is -0.203. The summed E-state index contributed by atoms with van der Waals surface area (Å²) in [6.07, 6.45) is 19.4. The molecule has 1 atom stereocenters. The minimum absolute atomic E-state index is 0.0641. The van der Waals surface area contributed by atoms with Gasteiger partial charge in [0.25, 0.3) is 0 Å². The number of aromatic nitrogens is 2. The van der Waals surface area contributed by atoms with Crippen LogP contribution < -0.4 is 16.0 Å². The van der Waals surface area contributed by atoms with Gasteiger partial charge in [-0.25, -0.2) is 4.57 Å². The average Bonchev–Trinajstić information content (AvgIpc) is 3.87. The van der Waals surface area contributed by atoms with Crippen molar-refractivity contribution in [1.82, 2.24) is 14.9 Å². The minimum Gasteiger partial charge on any atom is -0.466 e. The third-order valence-corrected chi connectivity index (χ3v) is 13.7. The van der Waals surface area contributed by atoms with Crippen LogP contribution >= 0.6 is 12.2 Å². The Morgan fingerprint density at radius 2 is 1.36 bits per heavy atom. The molecule has 3 aromatic rings. The van der Waals surface area contributed by atoms with Gasteiger partial charge < -0.3 is 15.0 Å². The number of esters is 1. The summed E-state index contributed by atoms with van der Waals surface area (Å²) in [6.45, 7) is 18.4. The Morgan fingerprint density at radius 3 is 2.02 bits per heavy atom. The first-order valence-electron chi connectivity index (χ1n) is 22.8. The van der Waals surface area contributed by atoms with Crippen molar-refractivity contribution in [3.05, 3.63) is 119 Å². The molecule has 318 valence electrons. The lowest BCUT2D eigenvalue weighted by atomic mass is 9.97. The topological polar surface area (TPSA) is 82.1 Å². The number of nitrogens with zero attached hydrogens (tertiary/aromatic N) is 3. The summed E-state index contributed by atoms with van der Waals surface area (Å²) in [5.41, 5.74) is 19.8. The van der Waals surface area contributed by atoms with E-state index in [9.17, 15) is 9.59 Å². The van der Waals surface area contributed by atoms with Gasteiger partial charge in [0.05, 0.1) is 24.1 Å². The molecular formula is C52H63N5O3S+2. The first-order valence-corrected chi connectivity index (χ1v) is 23.2. The van der Waals surface area contributed by atoms with Crippen LogP contribution in [0.1, 0.15) is 144 Å². The van der Waals surface area contributed by atoms with Gasteiger partial charge in [-0.1, -0.05) is 63.2 Å². The second kappa shape index (κ2) is 17.7. The van der Waals surface area contributed by atoms with Crippen LogP contribution in [0.2, 0.25) is 0 Å². The van der Waals surface area contributed by atoms with Gasteiger partial charge in [0, 0.05) is 70.9 Å². The molecule has 0 radical (unpaired) electrons. The summed E-state index contributed by atoms with van der Waals surface area (Å²) in [4.78, 5) is 31.4. The molecule has 1 aromatic carbocycles. The second-order valence-corrected chi connectivity index (χ2v) is 18.2. The molecule has 2 N–H and O–H groups in total. The highest BCUT2D eigenvalue weighted by Crippen LogP contribution is 2.47. The fraction of sp³-hybridized carbons (Fsp3) is 0.442. The van der Waals surface area contributed by atoms with Crippen LogP contribution in [-0.4, -0.2) is 60.0 Å². The molecule has 9 heteroatoms. The number of unbranched alkanes of at least 4 members (excludes halogenated alkanes) is 2. The van der Waals surface area contributed by atoms with Crippen LogP contribution in [0.4, 0.5) is 0 Å². The van der Waals surface area contributed by atoms with Crippen molar-refractivity contribution in [3.63, 3.8) is 0 Å². The third-order valence-electron chi connectivity index (χ3n) is 13.5. The molecule has 61 heavy (non-hydrogen) atoms. The highest BCUT2D eigenvalue weighted by Gasteiger charge is 2.57. The number of benzene rings is 1. The molecule has 5 aliphatic heterocycles. The number of hydrogen-bond donors (Lipinski definition) is 2. The molecule has 2 bridgehead atoms. The fourth-order valence-electron chi connectivity index (χ4n) is 10.2. The first-order chi connectivity index (χ1) is 29.4. The van der Waals surface area contributed by atoms with E-state index in [-0.39, 0.29) is 18.2 Å². The molecule has 0 saturated carbocycles. The maximum absolute atomic E-state index is 13.6. The molecule has 0 fully saturated rings. The van der Waals surface area contributed by atoms with E-state index in [2.05, 4.69) is 114 Å². The number of allylic oxidation sites excluding steroid dienone is 5. The Labute approximate surface area is 366 Å². The highest BCUT2D eigenvalue weighted by molar-refractivity contribution is 7.80. The smallest absolute Gasteiger partial charge is 0.446 e. The van der Waals surface area contributed by atoms with Gasteiger partial charge in [-0.3, -0.25) is 9.59 Å². The molecule has 0 aliphatic carbocycles. The van der Waals surface area contributed by atoms with Gasteiger partial charge in [-0.15, -0.1) is 9.15 Å². The lowest BCUT2D eigenvalue weighted by molar-refractivity contribution is -0.767. The van der Waals surface area contributed by atoms with Gasteiger partial charge in [0.1, 0.15) is 0 Å². The van der Waals surface area contributed by atoms with Gasteiger partial charge in [0.2, 0.25) is 28.7 Å². The lowest BCUT2D eigenvalue weighted by Gasteiger charge is -2.25. The number of nitrogens with one attached hydrogen (secondary N) is 2. The van der Waals surface area contributed by atoms with Gasteiger partial charge in [-0.05, 0) is 131 Å². The number of carbonyl (C=O) groups excluding carboxylic acids is 2. The number of hydrogen-bond acceptors (Lipinski definition) is 4. The zero-order chi connectivity index (χ0) is 43.1. The summed E-state index contributed by atoms with van der Waals surface area (Å²) in [7, 11) is 0. The van der Waals surface area contributed by atoms with Crippen LogP contribution in [0.25, 0.3) is 18.2 Å². The molecule has 7 heterocycles. The number of H-pyrrole nitrogens is 1. The van der Waals surface area contributed by atoms with Gasteiger partial charge in [-0.2, -0.15) is 0 Å². The summed E-state index contributed by atoms with van der Waals surface area (Å²) >= 11 is 5.30. The summed E-state index contributed by atoms with van der Waals surface area (Å²) < 4.78 is 13.1. The van der Waals surface area contributed by atoms with E-state index in [0.29, 0.717) is 38.8 Å². The van der Waals surface area contributed by atoms with Crippen LogP contribution in [-0.2, 0) is 40.0 Å². The Kier molecular flexibility index (Phi) is 12.3. The second-order valence-electron chi connectivity index (χ2n) is 17.5. The van der Waals surface area contributed by atoms with E-state index in [1.165, 1.54) is 94.9 Å². The molecule has 5 aliphatic rings. The molecule has 0 spiro atoms. The van der Waals surface area contributed by atoms with E-state index in [1.54, 1.807) is 0 Å². The Bertz CT molecular complexity index is 2670. The van der Waals surface area contributed by atoms with Crippen LogP contribution in [0.5, 0.6) is 0 Å². The van der Waals surface area contributed by atoms with Gasteiger partial charge >= 0.3 is 12.3 Å². The van der Waals surface area contributed by atoms with Crippen molar-refractivity contribution in [2.24, 2.45) is 0 Å². The number of rotatable bonds is 18. The Balaban J connectivity index is 1.23. The van der Waals surface area contributed by atoms with E-state index in [4.69, 9.17) is 17.0 Å². The van der Waals surface area contributed by atoms with Crippen molar-refractivity contribution in [1.29, 1.82) is 0 Å². The summed E-state index contributed by atoms with van der Waals surface area (Å²) in [5.74, 6) is -0.0997. The van der Waals surface area contributed by atoms with E-state index >= 15 is 0 Å². The van der Waals surface area contributed by atoms with Crippen LogP contribution in [0.15, 0.2) is 64.0 Å². The molecule has 1 unspecified atom stereocenters. The predicted molar refractivity (Wildman–Crippen MR) is 250 cm³/mol. The number of amides is 1.